The minimum Gasteiger partial charge on any atom is -0.447 e. The number of benzene rings is 2. The summed E-state index contributed by atoms with van der Waals surface area (Å²) in [5.41, 5.74) is 9.09. The van der Waals surface area contributed by atoms with Crippen LogP contribution in [0.5, 0.6) is 0 Å². The molecule has 1 saturated heterocycles. The first-order valence-corrected chi connectivity index (χ1v) is 7.06. The van der Waals surface area contributed by atoms with Crippen molar-refractivity contribution < 1.29 is 9.53 Å². The highest BCUT2D eigenvalue weighted by atomic mass is 16.6. The molecule has 0 saturated carbocycles. The Balaban J connectivity index is 1.74. The first kappa shape index (κ1) is 13.6. The van der Waals surface area contributed by atoms with Gasteiger partial charge in [-0.05, 0) is 16.7 Å². The Bertz CT molecular complexity index is 610. The highest BCUT2D eigenvalue weighted by Gasteiger charge is 2.31. The molecule has 2 aromatic rings. The monoisotopic (exact) mass is 282 g/mol. The Kier molecular flexibility index (Phi) is 3.88. The second-order valence-corrected chi connectivity index (χ2v) is 5.16. The van der Waals surface area contributed by atoms with Crippen LogP contribution in [0.2, 0.25) is 0 Å². The fourth-order valence-electron chi connectivity index (χ4n) is 2.51. The lowest BCUT2D eigenvalue weighted by Gasteiger charge is -2.20. The first-order valence-electron chi connectivity index (χ1n) is 7.06. The number of ether oxygens (including phenoxy) is 1. The molecule has 1 fully saturated rings. The number of hydrogen-bond acceptors (Lipinski definition) is 3. The van der Waals surface area contributed by atoms with E-state index in [1.807, 2.05) is 30.3 Å². The van der Waals surface area contributed by atoms with Gasteiger partial charge in [-0.1, -0.05) is 54.6 Å². The van der Waals surface area contributed by atoms with Crippen molar-refractivity contribution in [1.29, 1.82) is 0 Å². The topological polar surface area (TPSA) is 55.6 Å². The normalized spacial score (nSPS) is 17.9. The van der Waals surface area contributed by atoms with Gasteiger partial charge in [-0.2, -0.15) is 0 Å². The zero-order chi connectivity index (χ0) is 14.7. The molecule has 0 aliphatic carbocycles. The van der Waals surface area contributed by atoms with Gasteiger partial charge in [0.1, 0.15) is 6.61 Å². The van der Waals surface area contributed by atoms with Crippen LogP contribution in [0.1, 0.15) is 5.56 Å². The molecule has 108 valence electrons. The molecule has 0 aromatic heterocycles. The van der Waals surface area contributed by atoms with Crippen molar-refractivity contribution in [3.05, 3.63) is 60.2 Å². The molecule has 1 heterocycles. The Morgan fingerprint density at radius 1 is 1.05 bits per heavy atom. The molecule has 3 rings (SSSR count). The van der Waals surface area contributed by atoms with Gasteiger partial charge in [-0.25, -0.2) is 4.79 Å². The van der Waals surface area contributed by atoms with E-state index in [-0.39, 0.29) is 12.1 Å². The lowest BCUT2D eigenvalue weighted by Crippen LogP contribution is -2.38. The van der Waals surface area contributed by atoms with Crippen molar-refractivity contribution in [3.8, 4) is 11.1 Å². The molecule has 0 radical (unpaired) electrons. The predicted octanol–water partition coefficient (Wildman–Crippen LogP) is 2.63. The zero-order valence-corrected chi connectivity index (χ0v) is 11.7. The fraction of sp³-hybridized carbons (Fsp3) is 0.235. The van der Waals surface area contributed by atoms with E-state index in [0.717, 1.165) is 5.56 Å². The Labute approximate surface area is 124 Å². The standard InChI is InChI=1S/C17H18N2O2/c18-10-16-12-21-17(20)19(16)11-13-6-8-15(9-7-13)14-4-2-1-3-5-14/h1-9,16H,10-12,18H2. The fourth-order valence-corrected chi connectivity index (χ4v) is 2.51. The van der Waals surface area contributed by atoms with Crippen LogP contribution < -0.4 is 5.73 Å². The third kappa shape index (κ3) is 2.90. The van der Waals surface area contributed by atoms with E-state index >= 15 is 0 Å². The maximum absolute atomic E-state index is 11.7. The molecule has 4 heteroatoms. The van der Waals surface area contributed by atoms with Crippen LogP contribution in [0.3, 0.4) is 0 Å². The molecule has 1 amide bonds. The number of nitrogens with two attached hydrogens (primary N) is 1. The largest absolute Gasteiger partial charge is 0.447 e. The molecule has 1 aliphatic rings. The van der Waals surface area contributed by atoms with E-state index < -0.39 is 0 Å². The average molecular weight is 282 g/mol. The van der Waals surface area contributed by atoms with Gasteiger partial charge in [-0.3, -0.25) is 4.90 Å². The Morgan fingerprint density at radius 2 is 1.71 bits per heavy atom. The van der Waals surface area contributed by atoms with Crippen LogP contribution in [0.25, 0.3) is 11.1 Å². The van der Waals surface area contributed by atoms with Crippen LogP contribution in [-0.2, 0) is 11.3 Å². The number of amides is 1. The summed E-state index contributed by atoms with van der Waals surface area (Å²) in [4.78, 5) is 13.4. The van der Waals surface area contributed by atoms with Crippen molar-refractivity contribution in [2.24, 2.45) is 5.73 Å². The summed E-state index contributed by atoms with van der Waals surface area (Å²) < 4.78 is 5.04. The van der Waals surface area contributed by atoms with Gasteiger partial charge in [-0.15, -0.1) is 0 Å². The van der Waals surface area contributed by atoms with E-state index in [9.17, 15) is 4.79 Å². The van der Waals surface area contributed by atoms with E-state index in [4.69, 9.17) is 10.5 Å². The van der Waals surface area contributed by atoms with Gasteiger partial charge in [0.15, 0.2) is 0 Å². The molecule has 4 nitrogen and oxygen atoms in total. The summed E-state index contributed by atoms with van der Waals surface area (Å²) in [6, 6.07) is 18.4. The second-order valence-electron chi connectivity index (χ2n) is 5.16. The van der Waals surface area contributed by atoms with Gasteiger partial charge >= 0.3 is 6.09 Å². The molecule has 0 bridgehead atoms. The molecule has 1 unspecified atom stereocenters. The van der Waals surface area contributed by atoms with Crippen LogP contribution in [0.15, 0.2) is 54.6 Å². The highest BCUT2D eigenvalue weighted by Crippen LogP contribution is 2.21. The number of nitrogens with zero attached hydrogens (tertiary/aromatic N) is 1. The van der Waals surface area contributed by atoms with E-state index in [0.29, 0.717) is 19.7 Å². The third-order valence-electron chi connectivity index (χ3n) is 3.76. The van der Waals surface area contributed by atoms with Crippen molar-refractivity contribution in [2.75, 3.05) is 13.2 Å². The molecule has 2 N–H and O–H groups in total. The minimum atomic E-state index is -0.280. The van der Waals surface area contributed by atoms with Crippen molar-refractivity contribution in [2.45, 2.75) is 12.6 Å². The van der Waals surface area contributed by atoms with Gasteiger partial charge in [0.2, 0.25) is 0 Å². The van der Waals surface area contributed by atoms with Crippen molar-refractivity contribution in [3.63, 3.8) is 0 Å². The number of rotatable bonds is 4. The molecule has 2 aromatic carbocycles. The Morgan fingerprint density at radius 3 is 2.38 bits per heavy atom. The molecule has 1 aliphatic heterocycles. The van der Waals surface area contributed by atoms with Gasteiger partial charge in [0.25, 0.3) is 0 Å². The van der Waals surface area contributed by atoms with Gasteiger partial charge < -0.3 is 10.5 Å². The zero-order valence-electron chi connectivity index (χ0n) is 11.7. The quantitative estimate of drug-likeness (QED) is 0.938. The molecular formula is C17H18N2O2. The second kappa shape index (κ2) is 5.97. The first-order chi connectivity index (χ1) is 10.3. The Hall–Kier alpha value is -2.33. The summed E-state index contributed by atoms with van der Waals surface area (Å²) in [7, 11) is 0. The molecule has 1 atom stereocenters. The average Bonchev–Trinajstić information content (AvgIpc) is 2.89. The lowest BCUT2D eigenvalue weighted by molar-refractivity contribution is 0.156. The van der Waals surface area contributed by atoms with Gasteiger partial charge in [0, 0.05) is 13.1 Å². The summed E-state index contributed by atoms with van der Waals surface area (Å²) >= 11 is 0. The van der Waals surface area contributed by atoms with Crippen molar-refractivity contribution in [1.82, 2.24) is 4.90 Å². The SMILES string of the molecule is NCC1COC(=O)N1Cc1ccc(-c2ccccc2)cc1. The summed E-state index contributed by atoms with van der Waals surface area (Å²) in [6.07, 6.45) is -0.280. The number of carbonyl (C=O) groups is 1. The van der Waals surface area contributed by atoms with E-state index in [1.165, 1.54) is 11.1 Å². The summed E-state index contributed by atoms with van der Waals surface area (Å²) in [5, 5.41) is 0. The number of hydrogen-bond donors (Lipinski definition) is 1. The third-order valence-corrected chi connectivity index (χ3v) is 3.76. The maximum atomic E-state index is 11.7. The minimum absolute atomic E-state index is 0.0219. The smallest absolute Gasteiger partial charge is 0.410 e. The van der Waals surface area contributed by atoms with Crippen molar-refractivity contribution >= 4 is 6.09 Å². The molecular weight excluding hydrogens is 264 g/mol. The lowest BCUT2D eigenvalue weighted by atomic mass is 10.0. The summed E-state index contributed by atoms with van der Waals surface area (Å²) in [6.45, 7) is 1.35. The maximum Gasteiger partial charge on any atom is 0.410 e. The predicted molar refractivity (Wildman–Crippen MR) is 81.6 cm³/mol. The van der Waals surface area contributed by atoms with Crippen LogP contribution >= 0.6 is 0 Å². The molecule has 21 heavy (non-hydrogen) atoms. The summed E-state index contributed by atoms with van der Waals surface area (Å²) in [5.74, 6) is 0. The molecule has 0 spiro atoms. The number of cyclic esters (lactones) is 1. The van der Waals surface area contributed by atoms with E-state index in [2.05, 4.69) is 24.3 Å². The van der Waals surface area contributed by atoms with E-state index in [1.54, 1.807) is 4.90 Å². The highest BCUT2D eigenvalue weighted by molar-refractivity contribution is 5.70. The van der Waals surface area contributed by atoms with Crippen LogP contribution in [0.4, 0.5) is 4.79 Å². The van der Waals surface area contributed by atoms with Crippen LogP contribution in [0, 0.1) is 0 Å². The number of carbonyl (C=O) groups excluding carboxylic acids is 1. The van der Waals surface area contributed by atoms with Crippen LogP contribution in [-0.4, -0.2) is 30.2 Å². The van der Waals surface area contributed by atoms with Gasteiger partial charge in [0.05, 0.1) is 6.04 Å².